The van der Waals surface area contributed by atoms with E-state index in [1.807, 2.05) is 6.07 Å². The fraction of sp³-hybridized carbons (Fsp3) is 0.562. The molecule has 1 amide bonds. The van der Waals surface area contributed by atoms with Gasteiger partial charge in [-0.1, -0.05) is 20.3 Å². The lowest BCUT2D eigenvalue weighted by Crippen LogP contribution is -2.29. The van der Waals surface area contributed by atoms with E-state index in [2.05, 4.69) is 37.1 Å². The molecule has 0 radical (unpaired) electrons. The second-order valence-corrected chi connectivity index (χ2v) is 5.67. The normalized spacial score (nSPS) is 15.4. The van der Waals surface area contributed by atoms with Crippen LogP contribution in [0.5, 0.6) is 0 Å². The minimum absolute atomic E-state index is 0.0802. The third-order valence-corrected chi connectivity index (χ3v) is 4.10. The van der Waals surface area contributed by atoms with Crippen LogP contribution >= 0.6 is 0 Å². The van der Waals surface area contributed by atoms with Crippen molar-refractivity contribution in [2.24, 2.45) is 5.92 Å². The number of nitrogen functional groups attached to an aromatic ring is 1. The number of nitrogens with two attached hydrogens (primary N) is 1. The number of fused-ring (bicyclic) bond motifs is 1. The van der Waals surface area contributed by atoms with Crippen LogP contribution in [0.4, 0.5) is 17.1 Å². The van der Waals surface area contributed by atoms with Crippen LogP contribution in [-0.4, -0.2) is 19.0 Å². The SMILES string of the molecule is CCC(C)CN(CC)c1cc2c(cc1N)NC(=O)CC2. The van der Waals surface area contributed by atoms with Crippen molar-refractivity contribution in [3.05, 3.63) is 17.7 Å². The van der Waals surface area contributed by atoms with Crippen molar-refractivity contribution >= 4 is 23.0 Å². The average molecular weight is 275 g/mol. The van der Waals surface area contributed by atoms with Crippen LogP contribution < -0.4 is 16.0 Å². The number of aryl methyl sites for hydroxylation is 1. The highest BCUT2D eigenvalue weighted by Gasteiger charge is 2.19. The fourth-order valence-corrected chi connectivity index (χ4v) is 2.61. The third kappa shape index (κ3) is 3.06. The van der Waals surface area contributed by atoms with Crippen LogP contribution in [0.1, 0.15) is 39.2 Å². The van der Waals surface area contributed by atoms with Gasteiger partial charge < -0.3 is 16.0 Å². The lowest BCUT2D eigenvalue weighted by atomic mass is 10.00. The molecule has 0 bridgehead atoms. The molecule has 4 heteroatoms. The molecule has 1 aromatic rings. The Hall–Kier alpha value is -1.71. The van der Waals surface area contributed by atoms with Crippen LogP contribution in [0.2, 0.25) is 0 Å². The molecule has 0 saturated heterocycles. The van der Waals surface area contributed by atoms with Crippen molar-refractivity contribution in [2.45, 2.75) is 40.0 Å². The van der Waals surface area contributed by atoms with Gasteiger partial charge in [0.25, 0.3) is 0 Å². The smallest absolute Gasteiger partial charge is 0.224 e. The topological polar surface area (TPSA) is 58.4 Å². The summed E-state index contributed by atoms with van der Waals surface area (Å²) in [5.74, 6) is 0.724. The summed E-state index contributed by atoms with van der Waals surface area (Å²) in [5.41, 5.74) is 10.1. The summed E-state index contributed by atoms with van der Waals surface area (Å²) < 4.78 is 0. The van der Waals surface area contributed by atoms with E-state index in [0.29, 0.717) is 12.3 Å². The minimum Gasteiger partial charge on any atom is -0.397 e. The van der Waals surface area contributed by atoms with Crippen molar-refractivity contribution in [2.75, 3.05) is 29.0 Å². The van der Waals surface area contributed by atoms with Gasteiger partial charge in [-0.3, -0.25) is 4.79 Å². The highest BCUT2D eigenvalue weighted by Crippen LogP contribution is 2.33. The van der Waals surface area contributed by atoms with Gasteiger partial charge in [-0.05, 0) is 37.0 Å². The summed E-state index contributed by atoms with van der Waals surface area (Å²) >= 11 is 0. The first-order valence-electron chi connectivity index (χ1n) is 7.52. The van der Waals surface area contributed by atoms with Crippen LogP contribution in [-0.2, 0) is 11.2 Å². The van der Waals surface area contributed by atoms with E-state index in [0.717, 1.165) is 43.0 Å². The van der Waals surface area contributed by atoms with E-state index in [1.54, 1.807) is 0 Å². The van der Waals surface area contributed by atoms with Crippen LogP contribution in [0.3, 0.4) is 0 Å². The number of hydrogen-bond acceptors (Lipinski definition) is 3. The predicted molar refractivity (Wildman–Crippen MR) is 85.1 cm³/mol. The Balaban J connectivity index is 2.29. The van der Waals surface area contributed by atoms with E-state index in [1.165, 1.54) is 5.56 Å². The summed E-state index contributed by atoms with van der Waals surface area (Å²) in [7, 11) is 0. The van der Waals surface area contributed by atoms with Crippen molar-refractivity contribution in [1.29, 1.82) is 0 Å². The van der Waals surface area contributed by atoms with Crippen molar-refractivity contribution in [3.63, 3.8) is 0 Å². The van der Waals surface area contributed by atoms with Crippen LogP contribution in [0.15, 0.2) is 12.1 Å². The van der Waals surface area contributed by atoms with Gasteiger partial charge in [0.05, 0.1) is 11.4 Å². The van der Waals surface area contributed by atoms with Gasteiger partial charge in [-0.15, -0.1) is 0 Å². The highest BCUT2D eigenvalue weighted by atomic mass is 16.1. The summed E-state index contributed by atoms with van der Waals surface area (Å²) in [4.78, 5) is 13.8. The molecule has 1 aliphatic heterocycles. The molecule has 20 heavy (non-hydrogen) atoms. The molecule has 0 aliphatic carbocycles. The molecule has 0 saturated carbocycles. The zero-order chi connectivity index (χ0) is 14.7. The van der Waals surface area contributed by atoms with Crippen LogP contribution in [0, 0.1) is 5.92 Å². The van der Waals surface area contributed by atoms with Crippen molar-refractivity contribution in [3.8, 4) is 0 Å². The molecule has 1 aliphatic rings. The van der Waals surface area contributed by atoms with Crippen molar-refractivity contribution in [1.82, 2.24) is 0 Å². The maximum atomic E-state index is 11.4. The number of hydrogen-bond donors (Lipinski definition) is 2. The van der Waals surface area contributed by atoms with Gasteiger partial charge in [-0.2, -0.15) is 0 Å². The molecule has 1 atom stereocenters. The molecule has 0 spiro atoms. The maximum Gasteiger partial charge on any atom is 0.224 e. The molecular weight excluding hydrogens is 250 g/mol. The number of carbonyl (C=O) groups excluding carboxylic acids is 1. The summed E-state index contributed by atoms with van der Waals surface area (Å²) in [6.07, 6.45) is 2.53. The van der Waals surface area contributed by atoms with Gasteiger partial charge in [-0.25, -0.2) is 0 Å². The molecule has 1 heterocycles. The number of carbonyl (C=O) groups is 1. The van der Waals surface area contributed by atoms with Crippen LogP contribution in [0.25, 0.3) is 0 Å². The zero-order valence-corrected chi connectivity index (χ0v) is 12.7. The molecule has 4 nitrogen and oxygen atoms in total. The number of nitrogens with one attached hydrogen (secondary N) is 1. The second-order valence-electron chi connectivity index (χ2n) is 5.67. The molecule has 1 aromatic carbocycles. The number of anilines is 3. The van der Waals surface area contributed by atoms with Gasteiger partial charge in [0.15, 0.2) is 0 Å². The van der Waals surface area contributed by atoms with E-state index in [-0.39, 0.29) is 5.91 Å². The quantitative estimate of drug-likeness (QED) is 0.812. The fourth-order valence-electron chi connectivity index (χ4n) is 2.61. The predicted octanol–water partition coefficient (Wildman–Crippen LogP) is 3.03. The Bertz CT molecular complexity index is 499. The summed E-state index contributed by atoms with van der Waals surface area (Å²) in [5, 5.41) is 2.90. The summed E-state index contributed by atoms with van der Waals surface area (Å²) in [6.45, 7) is 8.59. The number of benzene rings is 1. The second kappa shape index (κ2) is 6.16. The zero-order valence-electron chi connectivity index (χ0n) is 12.7. The molecule has 2 rings (SSSR count). The third-order valence-electron chi connectivity index (χ3n) is 4.10. The Morgan fingerprint density at radius 3 is 2.75 bits per heavy atom. The largest absolute Gasteiger partial charge is 0.397 e. The molecule has 110 valence electrons. The number of rotatable bonds is 5. The lowest BCUT2D eigenvalue weighted by molar-refractivity contribution is -0.116. The lowest BCUT2D eigenvalue weighted by Gasteiger charge is -2.29. The Morgan fingerprint density at radius 2 is 2.10 bits per heavy atom. The highest BCUT2D eigenvalue weighted by molar-refractivity contribution is 5.95. The number of amides is 1. The Kier molecular flexibility index (Phi) is 4.53. The van der Waals surface area contributed by atoms with E-state index in [9.17, 15) is 4.79 Å². The molecule has 1 unspecified atom stereocenters. The van der Waals surface area contributed by atoms with E-state index >= 15 is 0 Å². The van der Waals surface area contributed by atoms with Crippen molar-refractivity contribution < 1.29 is 4.79 Å². The van der Waals surface area contributed by atoms with E-state index in [4.69, 9.17) is 5.73 Å². The monoisotopic (exact) mass is 275 g/mol. The Morgan fingerprint density at radius 1 is 1.35 bits per heavy atom. The average Bonchev–Trinajstić information content (AvgIpc) is 2.44. The van der Waals surface area contributed by atoms with Gasteiger partial charge in [0.2, 0.25) is 5.91 Å². The first-order chi connectivity index (χ1) is 9.55. The van der Waals surface area contributed by atoms with Gasteiger partial charge in [0, 0.05) is 25.2 Å². The maximum absolute atomic E-state index is 11.4. The standard InChI is InChI=1S/C16H25N3O/c1-4-11(3)10-19(5-2)15-8-12-6-7-16(20)18-14(12)9-13(15)17/h8-9,11H,4-7,10,17H2,1-3H3,(H,18,20). The van der Waals surface area contributed by atoms with Gasteiger partial charge in [0.1, 0.15) is 0 Å². The first-order valence-corrected chi connectivity index (χ1v) is 7.52. The molecule has 0 fully saturated rings. The molecule has 3 N–H and O–H groups in total. The Labute approximate surface area is 121 Å². The minimum atomic E-state index is 0.0802. The summed E-state index contributed by atoms with van der Waals surface area (Å²) in [6, 6.07) is 4.05. The van der Waals surface area contributed by atoms with E-state index < -0.39 is 0 Å². The van der Waals surface area contributed by atoms with Gasteiger partial charge >= 0.3 is 0 Å². The molecular formula is C16H25N3O. The first kappa shape index (κ1) is 14.7. The number of nitrogens with zero attached hydrogens (tertiary/aromatic N) is 1. The molecule has 0 aromatic heterocycles.